The number of aromatic nitrogens is 1. The van der Waals surface area contributed by atoms with Crippen molar-refractivity contribution < 1.29 is 14.1 Å². The summed E-state index contributed by atoms with van der Waals surface area (Å²) in [5.41, 5.74) is 0.550. The van der Waals surface area contributed by atoms with Crippen LogP contribution in [0.1, 0.15) is 12.2 Å². The van der Waals surface area contributed by atoms with Crippen LogP contribution in [0.25, 0.3) is 0 Å². The number of amides is 2. The maximum Gasteiger partial charge on any atom is 0.231 e. The third-order valence-electron chi connectivity index (χ3n) is 3.58. The summed E-state index contributed by atoms with van der Waals surface area (Å²) >= 11 is 12.0. The van der Waals surface area contributed by atoms with Gasteiger partial charge in [0.2, 0.25) is 11.8 Å². The molecule has 1 saturated heterocycles. The Kier molecular flexibility index (Phi) is 4.28. The molecule has 1 aromatic heterocycles. The highest BCUT2D eigenvalue weighted by molar-refractivity contribution is 6.36. The highest BCUT2D eigenvalue weighted by Gasteiger charge is 2.36. The van der Waals surface area contributed by atoms with E-state index in [9.17, 15) is 9.59 Å². The number of carbonyl (C=O) groups is 2. The second-order valence-electron chi connectivity index (χ2n) is 5.31. The molecule has 1 aromatic carbocycles. The van der Waals surface area contributed by atoms with E-state index in [1.165, 1.54) is 4.90 Å². The Morgan fingerprint density at radius 2 is 2.17 bits per heavy atom. The van der Waals surface area contributed by atoms with Crippen LogP contribution in [-0.4, -0.2) is 23.5 Å². The zero-order valence-electron chi connectivity index (χ0n) is 12.2. The number of nitrogens with one attached hydrogen (secondary N) is 1. The third-order valence-corrected chi connectivity index (χ3v) is 4.11. The van der Waals surface area contributed by atoms with Gasteiger partial charge >= 0.3 is 0 Å². The van der Waals surface area contributed by atoms with Crippen molar-refractivity contribution in [2.75, 3.05) is 16.8 Å². The smallest absolute Gasteiger partial charge is 0.231 e. The first-order valence-corrected chi connectivity index (χ1v) is 7.69. The Labute approximate surface area is 142 Å². The molecule has 0 bridgehead atoms. The molecule has 1 atom stereocenters. The van der Waals surface area contributed by atoms with Crippen LogP contribution in [-0.2, 0) is 9.59 Å². The van der Waals surface area contributed by atoms with Gasteiger partial charge in [0.15, 0.2) is 5.82 Å². The number of carbonyl (C=O) groups excluding carboxylic acids is 2. The van der Waals surface area contributed by atoms with Gasteiger partial charge in [0.1, 0.15) is 5.76 Å². The number of hydrogen-bond acceptors (Lipinski definition) is 4. The van der Waals surface area contributed by atoms with Crippen LogP contribution in [0.5, 0.6) is 0 Å². The van der Waals surface area contributed by atoms with Crippen molar-refractivity contribution in [2.24, 2.45) is 5.92 Å². The molecule has 1 fully saturated rings. The molecular weight excluding hydrogens is 341 g/mol. The fourth-order valence-electron chi connectivity index (χ4n) is 2.47. The summed E-state index contributed by atoms with van der Waals surface area (Å²) in [5, 5.41) is 7.21. The Morgan fingerprint density at radius 1 is 1.39 bits per heavy atom. The Morgan fingerprint density at radius 3 is 2.83 bits per heavy atom. The first kappa shape index (κ1) is 15.8. The molecule has 120 valence electrons. The van der Waals surface area contributed by atoms with Crippen LogP contribution in [0.3, 0.4) is 0 Å². The lowest BCUT2D eigenvalue weighted by Crippen LogP contribution is -2.28. The van der Waals surface area contributed by atoms with Crippen LogP contribution in [0.4, 0.5) is 11.5 Å². The molecule has 0 spiro atoms. The van der Waals surface area contributed by atoms with Gasteiger partial charge in [-0.25, -0.2) is 0 Å². The van der Waals surface area contributed by atoms with Crippen molar-refractivity contribution >= 4 is 46.5 Å². The molecular formula is C15H13Cl2N3O3. The van der Waals surface area contributed by atoms with Crippen LogP contribution < -0.4 is 10.2 Å². The molecule has 23 heavy (non-hydrogen) atoms. The average molecular weight is 354 g/mol. The highest BCUT2D eigenvalue weighted by Crippen LogP contribution is 2.33. The van der Waals surface area contributed by atoms with Crippen molar-refractivity contribution in [3.63, 3.8) is 0 Å². The second kappa shape index (κ2) is 6.22. The summed E-state index contributed by atoms with van der Waals surface area (Å²) in [7, 11) is 0. The zero-order valence-corrected chi connectivity index (χ0v) is 13.7. The standard InChI is InChI=1S/C15H13Cl2N3O3/c1-8-4-13(19-23-8)18-15(22)9-5-14(21)20(7-9)12-3-2-10(16)6-11(12)17/h2-4,6,9H,5,7H2,1H3,(H,18,19,22). The average Bonchev–Trinajstić information content (AvgIpc) is 3.05. The highest BCUT2D eigenvalue weighted by atomic mass is 35.5. The van der Waals surface area contributed by atoms with Gasteiger partial charge in [0.25, 0.3) is 0 Å². The molecule has 1 aliphatic heterocycles. The summed E-state index contributed by atoms with van der Waals surface area (Å²) in [4.78, 5) is 26.0. The maximum absolute atomic E-state index is 12.3. The van der Waals surface area contributed by atoms with Crippen LogP contribution in [0.2, 0.25) is 10.0 Å². The summed E-state index contributed by atoms with van der Waals surface area (Å²) in [6, 6.07) is 6.51. The molecule has 1 N–H and O–H groups in total. The summed E-state index contributed by atoms with van der Waals surface area (Å²) in [5.74, 6) is 0.0106. The SMILES string of the molecule is Cc1cc(NC(=O)C2CC(=O)N(c3ccc(Cl)cc3Cl)C2)no1. The lowest BCUT2D eigenvalue weighted by molar-refractivity contribution is -0.122. The maximum atomic E-state index is 12.3. The largest absolute Gasteiger partial charge is 0.360 e. The van der Waals surface area contributed by atoms with Gasteiger partial charge in [-0.2, -0.15) is 0 Å². The number of hydrogen-bond donors (Lipinski definition) is 1. The second-order valence-corrected chi connectivity index (χ2v) is 6.16. The fraction of sp³-hybridized carbons (Fsp3) is 0.267. The first-order valence-electron chi connectivity index (χ1n) is 6.93. The molecule has 3 rings (SSSR count). The Balaban J connectivity index is 1.73. The molecule has 0 radical (unpaired) electrons. The number of benzene rings is 1. The summed E-state index contributed by atoms with van der Waals surface area (Å²) in [6.07, 6.45) is 0.113. The third kappa shape index (κ3) is 3.33. The van der Waals surface area contributed by atoms with Crippen molar-refractivity contribution in [2.45, 2.75) is 13.3 Å². The van der Waals surface area contributed by atoms with Gasteiger partial charge < -0.3 is 14.7 Å². The number of halogens is 2. The first-order chi connectivity index (χ1) is 10.9. The van der Waals surface area contributed by atoms with E-state index in [1.54, 1.807) is 31.2 Å². The number of nitrogens with zero attached hydrogens (tertiary/aromatic N) is 2. The van der Waals surface area contributed by atoms with E-state index >= 15 is 0 Å². The number of rotatable bonds is 3. The molecule has 2 amide bonds. The minimum atomic E-state index is -0.480. The van der Waals surface area contributed by atoms with E-state index in [1.807, 2.05) is 0 Å². The Hall–Kier alpha value is -2.05. The van der Waals surface area contributed by atoms with E-state index in [2.05, 4.69) is 10.5 Å². The lowest BCUT2D eigenvalue weighted by Gasteiger charge is -2.18. The van der Waals surface area contributed by atoms with Crippen LogP contribution >= 0.6 is 23.2 Å². The van der Waals surface area contributed by atoms with E-state index in [0.717, 1.165) is 0 Å². The van der Waals surface area contributed by atoms with Gasteiger partial charge in [0.05, 0.1) is 16.6 Å². The molecule has 8 heteroatoms. The van der Waals surface area contributed by atoms with Gasteiger partial charge in [-0.1, -0.05) is 28.4 Å². The van der Waals surface area contributed by atoms with Crippen molar-refractivity contribution in [3.05, 3.63) is 40.1 Å². The van der Waals surface area contributed by atoms with Crippen molar-refractivity contribution in [3.8, 4) is 0 Å². The number of aryl methyl sites for hydroxylation is 1. The minimum absolute atomic E-state index is 0.113. The predicted molar refractivity (Wildman–Crippen MR) is 86.8 cm³/mol. The summed E-state index contributed by atoms with van der Waals surface area (Å²) in [6.45, 7) is 1.98. The quantitative estimate of drug-likeness (QED) is 0.918. The van der Waals surface area contributed by atoms with E-state index in [0.29, 0.717) is 27.3 Å². The predicted octanol–water partition coefficient (Wildman–Crippen LogP) is 3.28. The van der Waals surface area contributed by atoms with E-state index in [4.69, 9.17) is 27.7 Å². The van der Waals surface area contributed by atoms with Crippen LogP contribution in [0.15, 0.2) is 28.8 Å². The van der Waals surface area contributed by atoms with E-state index in [-0.39, 0.29) is 24.8 Å². The molecule has 2 heterocycles. The van der Waals surface area contributed by atoms with Crippen molar-refractivity contribution in [1.82, 2.24) is 5.16 Å². The van der Waals surface area contributed by atoms with Gasteiger partial charge in [-0.15, -0.1) is 0 Å². The van der Waals surface area contributed by atoms with Crippen LogP contribution in [0, 0.1) is 12.8 Å². The summed E-state index contributed by atoms with van der Waals surface area (Å²) < 4.78 is 4.89. The van der Waals surface area contributed by atoms with Gasteiger partial charge in [0, 0.05) is 24.1 Å². The normalized spacial score (nSPS) is 17.6. The van der Waals surface area contributed by atoms with Gasteiger partial charge in [-0.3, -0.25) is 9.59 Å². The minimum Gasteiger partial charge on any atom is -0.360 e. The van der Waals surface area contributed by atoms with Crippen molar-refractivity contribution in [1.29, 1.82) is 0 Å². The molecule has 0 saturated carbocycles. The van der Waals surface area contributed by atoms with Gasteiger partial charge in [-0.05, 0) is 25.1 Å². The molecule has 2 aromatic rings. The van der Waals surface area contributed by atoms with E-state index < -0.39 is 5.92 Å². The molecule has 0 aliphatic carbocycles. The lowest BCUT2D eigenvalue weighted by atomic mass is 10.1. The Bertz CT molecular complexity index is 775. The molecule has 6 nitrogen and oxygen atoms in total. The molecule has 1 aliphatic rings. The molecule has 1 unspecified atom stereocenters. The topological polar surface area (TPSA) is 75.4 Å². The fourth-order valence-corrected chi connectivity index (χ4v) is 2.98. The monoisotopic (exact) mass is 353 g/mol. The zero-order chi connectivity index (χ0) is 16.6. The number of anilines is 2.